The number of hydrogen-bond acceptors (Lipinski definition) is 4. The summed E-state index contributed by atoms with van der Waals surface area (Å²) >= 11 is 0. The normalized spacial score (nSPS) is 20.0. The van der Waals surface area contributed by atoms with Gasteiger partial charge in [-0.2, -0.15) is 26.3 Å². The van der Waals surface area contributed by atoms with Gasteiger partial charge in [0.2, 0.25) is 0 Å². The molecule has 0 unspecified atom stereocenters. The van der Waals surface area contributed by atoms with Crippen molar-refractivity contribution in [3.05, 3.63) is 65.7 Å². The first-order valence-electron chi connectivity index (χ1n) is 11.4. The van der Waals surface area contributed by atoms with Crippen molar-refractivity contribution in [2.75, 3.05) is 7.11 Å². The van der Waals surface area contributed by atoms with E-state index in [2.05, 4.69) is 0 Å². The molecule has 1 aliphatic heterocycles. The Bertz CT molecular complexity index is 1060. The van der Waals surface area contributed by atoms with Gasteiger partial charge in [-0.25, -0.2) is 4.79 Å². The van der Waals surface area contributed by atoms with E-state index >= 15 is 0 Å². The molecule has 1 fully saturated rings. The second-order valence-electron chi connectivity index (χ2n) is 8.56. The first-order valence-corrected chi connectivity index (χ1v) is 11.4. The van der Waals surface area contributed by atoms with Crippen LogP contribution in [0.15, 0.2) is 54.6 Å². The lowest BCUT2D eigenvalue weighted by Gasteiger charge is -2.35. The zero-order valence-corrected chi connectivity index (χ0v) is 20.1. The van der Waals surface area contributed by atoms with Crippen molar-refractivity contribution in [1.29, 1.82) is 0 Å². The number of likely N-dealkylation sites (tertiary alicyclic amines) is 1. The summed E-state index contributed by atoms with van der Waals surface area (Å²) < 4.78 is 92.9. The largest absolute Gasteiger partial charge is 0.497 e. The second-order valence-corrected chi connectivity index (χ2v) is 8.56. The Labute approximate surface area is 209 Å². The molecular weight excluding hydrogens is 506 g/mol. The van der Waals surface area contributed by atoms with Crippen molar-refractivity contribution in [2.45, 2.75) is 63.4 Å². The van der Waals surface area contributed by atoms with E-state index in [9.17, 15) is 35.9 Å². The molecule has 0 aliphatic carbocycles. The predicted octanol–water partition coefficient (Wildman–Crippen LogP) is 5.71. The van der Waals surface area contributed by atoms with E-state index in [0.717, 1.165) is 0 Å². The summed E-state index contributed by atoms with van der Waals surface area (Å²) in [6.07, 6.45) is -12.7. The zero-order valence-electron chi connectivity index (χ0n) is 20.1. The van der Waals surface area contributed by atoms with Gasteiger partial charge in [-0.15, -0.1) is 0 Å². The van der Waals surface area contributed by atoms with Crippen LogP contribution in [0.1, 0.15) is 30.9 Å². The van der Waals surface area contributed by atoms with Crippen LogP contribution in [-0.2, 0) is 22.7 Å². The minimum absolute atomic E-state index is 0.137. The number of benzene rings is 2. The number of ether oxygens (including phenoxy) is 2. The molecule has 37 heavy (non-hydrogen) atoms. The van der Waals surface area contributed by atoms with Gasteiger partial charge in [0.15, 0.2) is 0 Å². The maximum Gasteiger partial charge on any atom is 0.471 e. The van der Waals surface area contributed by atoms with E-state index in [4.69, 9.17) is 9.47 Å². The Hall–Kier alpha value is -3.44. The van der Waals surface area contributed by atoms with Gasteiger partial charge in [0.1, 0.15) is 18.4 Å². The van der Waals surface area contributed by atoms with Gasteiger partial charge >= 0.3 is 24.4 Å². The molecule has 0 radical (unpaired) electrons. The Balaban J connectivity index is 1.94. The molecule has 0 bridgehead atoms. The number of methoxy groups -OCH3 is 1. The van der Waals surface area contributed by atoms with Crippen molar-refractivity contribution < 1.29 is 45.4 Å². The molecule has 6 nitrogen and oxygen atoms in total. The summed E-state index contributed by atoms with van der Waals surface area (Å²) in [7, 11) is 1.39. The van der Waals surface area contributed by atoms with Crippen molar-refractivity contribution in [3.8, 4) is 5.75 Å². The molecule has 12 heteroatoms. The standard InChI is InChI=1S/C25H26F6N2O4/c1-3-19-20(32(22(34)25(29,30)31)14-16-9-11-18(36-2)12-10-16)13-21(24(26,27)28)33(19)23(35)37-15-17-7-5-4-6-8-17/h4-12,19-21H,3,13-15H2,1-2H3/t19-,20-,21-/m0/s1. The number of halogens is 6. The van der Waals surface area contributed by atoms with Crippen LogP contribution in [0.25, 0.3) is 0 Å². The van der Waals surface area contributed by atoms with Gasteiger partial charge < -0.3 is 14.4 Å². The fourth-order valence-electron chi connectivity index (χ4n) is 4.50. The maximum atomic E-state index is 14.0. The number of nitrogens with zero attached hydrogens (tertiary/aromatic N) is 2. The molecule has 0 spiro atoms. The topological polar surface area (TPSA) is 59.1 Å². The highest BCUT2D eigenvalue weighted by atomic mass is 19.4. The minimum Gasteiger partial charge on any atom is -0.497 e. The average Bonchev–Trinajstić information content (AvgIpc) is 3.26. The van der Waals surface area contributed by atoms with E-state index in [0.29, 0.717) is 21.1 Å². The average molecular weight is 532 g/mol. The molecule has 2 aromatic carbocycles. The first kappa shape index (κ1) is 28.1. The number of amides is 2. The van der Waals surface area contributed by atoms with Crippen molar-refractivity contribution in [3.63, 3.8) is 0 Å². The molecule has 2 amide bonds. The quantitative estimate of drug-likeness (QED) is 0.429. The van der Waals surface area contributed by atoms with Crippen LogP contribution in [0.3, 0.4) is 0 Å². The molecule has 0 N–H and O–H groups in total. The minimum atomic E-state index is -5.33. The maximum absolute atomic E-state index is 14.0. The van der Waals surface area contributed by atoms with E-state index < -0.39 is 55.4 Å². The van der Waals surface area contributed by atoms with Crippen LogP contribution in [0, 0.1) is 0 Å². The number of carbonyl (C=O) groups excluding carboxylic acids is 2. The summed E-state index contributed by atoms with van der Waals surface area (Å²) in [5, 5.41) is 0. The molecule has 1 heterocycles. The van der Waals surface area contributed by atoms with Crippen molar-refractivity contribution in [1.82, 2.24) is 9.80 Å². The van der Waals surface area contributed by atoms with Crippen LogP contribution in [-0.4, -0.2) is 59.4 Å². The van der Waals surface area contributed by atoms with Crippen molar-refractivity contribution in [2.24, 2.45) is 0 Å². The number of carbonyl (C=O) groups is 2. The van der Waals surface area contributed by atoms with E-state index in [-0.39, 0.29) is 18.6 Å². The van der Waals surface area contributed by atoms with Crippen molar-refractivity contribution >= 4 is 12.0 Å². The Morgan fingerprint density at radius 1 is 0.973 bits per heavy atom. The second kappa shape index (κ2) is 11.3. The summed E-state index contributed by atoms with van der Waals surface area (Å²) in [5.41, 5.74) is 0.776. The molecule has 1 saturated heterocycles. The van der Waals surface area contributed by atoms with E-state index in [1.54, 1.807) is 30.3 Å². The third-order valence-corrected chi connectivity index (χ3v) is 6.23. The fourth-order valence-corrected chi connectivity index (χ4v) is 4.50. The van der Waals surface area contributed by atoms with Gasteiger partial charge in [0, 0.05) is 6.54 Å². The predicted molar refractivity (Wildman–Crippen MR) is 120 cm³/mol. The van der Waals surface area contributed by atoms with E-state index in [1.165, 1.54) is 38.3 Å². The number of alkyl halides is 6. The molecule has 3 rings (SSSR count). The third kappa shape index (κ3) is 6.66. The summed E-state index contributed by atoms with van der Waals surface area (Å²) in [6.45, 7) is 0.511. The molecule has 3 atom stereocenters. The molecule has 202 valence electrons. The number of hydrogen-bond donors (Lipinski definition) is 0. The Morgan fingerprint density at radius 2 is 1.59 bits per heavy atom. The SMILES string of the molecule is CC[C@H]1[C@@H](N(Cc2ccc(OC)cc2)C(=O)C(F)(F)F)C[C@@H](C(F)(F)F)N1C(=O)OCc1ccccc1. The first-order chi connectivity index (χ1) is 17.4. The lowest BCUT2D eigenvalue weighted by molar-refractivity contribution is -0.189. The molecule has 0 aromatic heterocycles. The summed E-state index contributed by atoms with van der Waals surface area (Å²) in [4.78, 5) is 26.1. The summed E-state index contributed by atoms with van der Waals surface area (Å²) in [6, 6.07) is 8.64. The van der Waals surface area contributed by atoms with Gasteiger partial charge in [-0.3, -0.25) is 9.69 Å². The van der Waals surface area contributed by atoms with Crippen LogP contribution in [0.4, 0.5) is 31.1 Å². The third-order valence-electron chi connectivity index (χ3n) is 6.23. The Kier molecular flexibility index (Phi) is 8.60. The van der Waals surface area contributed by atoms with Gasteiger partial charge in [0.25, 0.3) is 0 Å². The van der Waals surface area contributed by atoms with Crippen LogP contribution >= 0.6 is 0 Å². The highest BCUT2D eigenvalue weighted by Crippen LogP contribution is 2.41. The molecule has 1 aliphatic rings. The van der Waals surface area contributed by atoms with Crippen LogP contribution < -0.4 is 4.74 Å². The van der Waals surface area contributed by atoms with Gasteiger partial charge in [-0.1, -0.05) is 49.4 Å². The zero-order chi connectivity index (χ0) is 27.4. The summed E-state index contributed by atoms with van der Waals surface area (Å²) in [5.74, 6) is -1.87. The molecular formula is C25H26F6N2O4. The van der Waals surface area contributed by atoms with Crippen LogP contribution in [0.2, 0.25) is 0 Å². The van der Waals surface area contributed by atoms with Gasteiger partial charge in [0.05, 0.1) is 19.2 Å². The lowest BCUT2D eigenvalue weighted by Crippen LogP contribution is -2.53. The smallest absolute Gasteiger partial charge is 0.471 e. The highest BCUT2D eigenvalue weighted by molar-refractivity contribution is 5.82. The monoisotopic (exact) mass is 532 g/mol. The van der Waals surface area contributed by atoms with Crippen LogP contribution in [0.5, 0.6) is 5.75 Å². The van der Waals surface area contributed by atoms with E-state index in [1.807, 2.05) is 0 Å². The van der Waals surface area contributed by atoms with Gasteiger partial charge in [-0.05, 0) is 36.1 Å². The fraction of sp³-hybridized carbons (Fsp3) is 0.440. The molecule has 0 saturated carbocycles. The highest BCUT2D eigenvalue weighted by Gasteiger charge is 2.59. The lowest BCUT2D eigenvalue weighted by atomic mass is 10.0. The number of rotatable bonds is 7. The molecule has 2 aromatic rings. The Morgan fingerprint density at radius 3 is 2.11 bits per heavy atom.